The van der Waals surface area contributed by atoms with Gasteiger partial charge in [-0.25, -0.2) is 0 Å². The maximum Gasteiger partial charge on any atom is 0.246 e. The van der Waals surface area contributed by atoms with E-state index in [0.29, 0.717) is 13.0 Å². The topological polar surface area (TPSA) is 49.4 Å². The van der Waals surface area contributed by atoms with Gasteiger partial charge in [0.2, 0.25) is 11.8 Å². The van der Waals surface area contributed by atoms with Crippen molar-refractivity contribution in [3.63, 3.8) is 0 Å². The number of rotatable bonds is 4. The zero-order valence-corrected chi connectivity index (χ0v) is 14.2. The monoisotopic (exact) mass is 352 g/mol. The van der Waals surface area contributed by atoms with Crippen LogP contribution in [0.25, 0.3) is 0 Å². The molecule has 5 heteroatoms. The first-order valence-corrected chi connectivity index (χ1v) is 8.08. The summed E-state index contributed by atoms with van der Waals surface area (Å²) in [5.74, 6) is 0.0477. The van der Waals surface area contributed by atoms with Crippen molar-refractivity contribution in [2.45, 2.75) is 45.8 Å². The minimum atomic E-state index is -0.424. The van der Waals surface area contributed by atoms with Crippen LogP contribution in [0.4, 0.5) is 0 Å². The smallest absolute Gasteiger partial charge is 0.246 e. The summed E-state index contributed by atoms with van der Waals surface area (Å²) in [4.78, 5) is 26.6. The molecule has 1 aromatic carbocycles. The summed E-state index contributed by atoms with van der Waals surface area (Å²) in [7, 11) is 0. The lowest BCUT2D eigenvalue weighted by Gasteiger charge is -2.40. The number of hydrogen-bond acceptors (Lipinski definition) is 2. The number of nitrogens with one attached hydrogen (secondary N) is 1. The van der Waals surface area contributed by atoms with Gasteiger partial charge in [0.1, 0.15) is 12.1 Å². The average Bonchev–Trinajstić information content (AvgIpc) is 2.42. The summed E-state index contributed by atoms with van der Waals surface area (Å²) in [6.45, 7) is 6.30. The maximum absolute atomic E-state index is 12.7. The van der Waals surface area contributed by atoms with Crippen molar-refractivity contribution in [3.05, 3.63) is 34.3 Å². The highest BCUT2D eigenvalue weighted by molar-refractivity contribution is 9.10. The van der Waals surface area contributed by atoms with Crippen LogP contribution >= 0.6 is 15.9 Å². The number of benzene rings is 1. The zero-order chi connectivity index (χ0) is 15.6. The minimum Gasteiger partial charge on any atom is -0.342 e. The largest absolute Gasteiger partial charge is 0.342 e. The van der Waals surface area contributed by atoms with Crippen LogP contribution in [-0.4, -0.2) is 28.8 Å². The lowest BCUT2D eigenvalue weighted by Crippen LogP contribution is -2.64. The van der Waals surface area contributed by atoms with Gasteiger partial charge in [0.05, 0.1) is 0 Å². The van der Waals surface area contributed by atoms with Crippen molar-refractivity contribution in [2.24, 2.45) is 5.92 Å². The highest BCUT2D eigenvalue weighted by atomic mass is 79.9. The van der Waals surface area contributed by atoms with Crippen molar-refractivity contribution in [3.8, 4) is 0 Å². The normalized spacial score (nSPS) is 22.6. The molecular formula is C16H21BrN2O2. The minimum absolute atomic E-state index is 0.0106. The number of nitrogens with zero attached hydrogens (tertiary/aromatic N) is 1. The van der Waals surface area contributed by atoms with Crippen LogP contribution < -0.4 is 5.32 Å². The number of carbonyl (C=O) groups excluding carboxylic acids is 2. The van der Waals surface area contributed by atoms with Crippen LogP contribution in [0.5, 0.6) is 0 Å². The molecular weight excluding hydrogens is 332 g/mol. The highest BCUT2D eigenvalue weighted by Gasteiger charge is 2.40. The summed E-state index contributed by atoms with van der Waals surface area (Å²) in [5.41, 5.74) is 1.02. The second-order valence-corrected chi connectivity index (χ2v) is 6.67. The van der Waals surface area contributed by atoms with Gasteiger partial charge in [-0.15, -0.1) is 0 Å². The molecule has 0 spiro atoms. The van der Waals surface area contributed by atoms with E-state index >= 15 is 0 Å². The summed E-state index contributed by atoms with van der Waals surface area (Å²) < 4.78 is 0.974. The first-order chi connectivity index (χ1) is 9.93. The molecule has 1 aromatic rings. The standard InChI is InChI=1S/C16H21BrN2O2/c1-4-13-15(20)18-14(10(2)3)16(21)19(13)9-11-6-5-7-12(17)8-11/h5-8,10,13-14H,4,9H2,1-3H3,(H,18,20). The Bertz CT molecular complexity index is 545. The maximum atomic E-state index is 12.7. The van der Waals surface area contributed by atoms with E-state index in [-0.39, 0.29) is 23.8 Å². The van der Waals surface area contributed by atoms with E-state index in [1.54, 1.807) is 4.90 Å². The van der Waals surface area contributed by atoms with Gasteiger partial charge < -0.3 is 10.2 Å². The molecule has 1 aliphatic rings. The van der Waals surface area contributed by atoms with E-state index in [2.05, 4.69) is 21.2 Å². The van der Waals surface area contributed by atoms with Gasteiger partial charge in [-0.3, -0.25) is 9.59 Å². The molecule has 2 unspecified atom stereocenters. The van der Waals surface area contributed by atoms with Crippen LogP contribution in [0.3, 0.4) is 0 Å². The fourth-order valence-corrected chi connectivity index (χ4v) is 3.11. The third kappa shape index (κ3) is 3.46. The van der Waals surface area contributed by atoms with Crippen LogP contribution in [0, 0.1) is 5.92 Å². The Kier molecular flexibility index (Phi) is 5.04. The third-order valence-electron chi connectivity index (χ3n) is 3.82. The molecule has 0 aliphatic carbocycles. The fourth-order valence-electron chi connectivity index (χ4n) is 2.66. The number of amides is 2. The summed E-state index contributed by atoms with van der Waals surface area (Å²) in [6, 6.07) is 7.04. The van der Waals surface area contributed by atoms with Crippen molar-refractivity contribution in [1.82, 2.24) is 10.2 Å². The van der Waals surface area contributed by atoms with Crippen LogP contribution in [0.2, 0.25) is 0 Å². The van der Waals surface area contributed by atoms with E-state index in [4.69, 9.17) is 0 Å². The first-order valence-electron chi connectivity index (χ1n) is 7.29. The van der Waals surface area contributed by atoms with E-state index in [1.165, 1.54) is 0 Å². The highest BCUT2D eigenvalue weighted by Crippen LogP contribution is 2.21. The van der Waals surface area contributed by atoms with Gasteiger partial charge in [0.15, 0.2) is 0 Å². The van der Waals surface area contributed by atoms with Gasteiger partial charge in [-0.2, -0.15) is 0 Å². The molecule has 1 fully saturated rings. The van der Waals surface area contributed by atoms with Crippen LogP contribution in [-0.2, 0) is 16.1 Å². The Labute approximate surface area is 134 Å². The van der Waals surface area contributed by atoms with Gasteiger partial charge in [0, 0.05) is 11.0 Å². The number of carbonyl (C=O) groups is 2. The number of hydrogen-bond donors (Lipinski definition) is 1. The predicted octanol–water partition coefficient (Wildman–Crippen LogP) is 2.71. The molecule has 2 rings (SSSR count). The van der Waals surface area contributed by atoms with Crippen molar-refractivity contribution >= 4 is 27.7 Å². The summed E-state index contributed by atoms with van der Waals surface area (Å²) >= 11 is 3.44. The Balaban J connectivity index is 2.27. The molecule has 0 aromatic heterocycles. The molecule has 21 heavy (non-hydrogen) atoms. The number of piperazine rings is 1. The fraction of sp³-hybridized carbons (Fsp3) is 0.500. The lowest BCUT2D eigenvalue weighted by molar-refractivity contribution is -0.151. The molecule has 4 nitrogen and oxygen atoms in total. The molecule has 1 saturated heterocycles. The first kappa shape index (κ1) is 16.0. The van der Waals surface area contributed by atoms with E-state index in [9.17, 15) is 9.59 Å². The molecule has 114 valence electrons. The van der Waals surface area contributed by atoms with Gasteiger partial charge in [-0.05, 0) is 30.0 Å². The van der Waals surface area contributed by atoms with Crippen molar-refractivity contribution in [2.75, 3.05) is 0 Å². The van der Waals surface area contributed by atoms with E-state index in [1.807, 2.05) is 45.0 Å². The molecule has 0 bridgehead atoms. The van der Waals surface area contributed by atoms with E-state index < -0.39 is 6.04 Å². The van der Waals surface area contributed by atoms with Gasteiger partial charge in [0.25, 0.3) is 0 Å². The third-order valence-corrected chi connectivity index (χ3v) is 4.31. The van der Waals surface area contributed by atoms with Crippen LogP contribution in [0.1, 0.15) is 32.8 Å². The number of halogens is 1. The second-order valence-electron chi connectivity index (χ2n) is 5.75. The second kappa shape index (κ2) is 6.60. The van der Waals surface area contributed by atoms with Gasteiger partial charge >= 0.3 is 0 Å². The molecule has 2 amide bonds. The Morgan fingerprint density at radius 3 is 2.62 bits per heavy atom. The SMILES string of the molecule is CCC1C(=O)NC(C(C)C)C(=O)N1Cc1cccc(Br)c1. The Hall–Kier alpha value is -1.36. The lowest BCUT2D eigenvalue weighted by atomic mass is 9.96. The summed E-state index contributed by atoms with van der Waals surface area (Å²) in [5, 5.41) is 2.85. The molecule has 2 atom stereocenters. The molecule has 1 heterocycles. The predicted molar refractivity (Wildman–Crippen MR) is 85.5 cm³/mol. The molecule has 1 N–H and O–H groups in total. The van der Waals surface area contributed by atoms with Crippen molar-refractivity contribution < 1.29 is 9.59 Å². The quantitative estimate of drug-likeness (QED) is 0.905. The Morgan fingerprint density at radius 1 is 1.33 bits per heavy atom. The zero-order valence-electron chi connectivity index (χ0n) is 12.6. The van der Waals surface area contributed by atoms with Crippen LogP contribution in [0.15, 0.2) is 28.7 Å². The molecule has 0 radical (unpaired) electrons. The average molecular weight is 353 g/mol. The van der Waals surface area contributed by atoms with E-state index in [0.717, 1.165) is 10.0 Å². The summed E-state index contributed by atoms with van der Waals surface area (Å²) in [6.07, 6.45) is 0.621. The van der Waals surface area contributed by atoms with Gasteiger partial charge in [-0.1, -0.05) is 48.8 Å². The van der Waals surface area contributed by atoms with Crippen molar-refractivity contribution in [1.29, 1.82) is 0 Å². The Morgan fingerprint density at radius 2 is 2.05 bits per heavy atom. The molecule has 1 aliphatic heterocycles. The molecule has 0 saturated carbocycles.